The van der Waals surface area contributed by atoms with Gasteiger partial charge in [-0.2, -0.15) is 4.72 Å². The summed E-state index contributed by atoms with van der Waals surface area (Å²) < 4.78 is 39.1. The first-order chi connectivity index (χ1) is 9.86. The van der Waals surface area contributed by atoms with Gasteiger partial charge >= 0.3 is 0 Å². The lowest BCUT2D eigenvalue weighted by atomic mass is 10.2. The number of hydrogen-bond donors (Lipinski definition) is 2. The van der Waals surface area contributed by atoms with E-state index in [9.17, 15) is 17.6 Å². The van der Waals surface area contributed by atoms with Crippen molar-refractivity contribution in [2.45, 2.75) is 44.0 Å². The molecule has 0 aromatic heterocycles. The Labute approximate surface area is 125 Å². The molecule has 1 aromatic carbocycles. The summed E-state index contributed by atoms with van der Waals surface area (Å²) >= 11 is 0. The zero-order valence-electron chi connectivity index (χ0n) is 12.2. The standard InChI is InChI=1S/C14H21FN2O3S/c1-3-4-5-10-16-14(18)11(2)17-21(19,20)13-8-6-12(15)7-9-13/h6-9,11,17H,3-5,10H2,1-2H3,(H,16,18). The van der Waals surface area contributed by atoms with Gasteiger partial charge in [0.1, 0.15) is 5.82 Å². The number of rotatable bonds is 8. The smallest absolute Gasteiger partial charge is 0.241 e. The number of carbonyl (C=O) groups excluding carboxylic acids is 1. The maximum Gasteiger partial charge on any atom is 0.241 e. The van der Waals surface area contributed by atoms with Gasteiger partial charge in [-0.05, 0) is 37.6 Å². The molecule has 0 aliphatic carbocycles. The van der Waals surface area contributed by atoms with Crippen LogP contribution in [0, 0.1) is 5.82 Å². The zero-order valence-corrected chi connectivity index (χ0v) is 13.0. The summed E-state index contributed by atoms with van der Waals surface area (Å²) in [6, 6.07) is 3.54. The Kier molecular flexibility index (Phi) is 6.77. The number of amides is 1. The van der Waals surface area contributed by atoms with Gasteiger partial charge in [0.2, 0.25) is 15.9 Å². The van der Waals surface area contributed by atoms with Gasteiger partial charge in [-0.25, -0.2) is 12.8 Å². The van der Waals surface area contributed by atoms with Crippen LogP contribution in [-0.4, -0.2) is 26.9 Å². The van der Waals surface area contributed by atoms with Crippen LogP contribution in [0.25, 0.3) is 0 Å². The van der Waals surface area contributed by atoms with Crippen molar-refractivity contribution >= 4 is 15.9 Å². The van der Waals surface area contributed by atoms with E-state index in [1.54, 1.807) is 0 Å². The lowest BCUT2D eigenvalue weighted by Gasteiger charge is -2.14. The van der Waals surface area contributed by atoms with Crippen LogP contribution in [-0.2, 0) is 14.8 Å². The average molecular weight is 316 g/mol. The molecule has 0 aliphatic rings. The second-order valence-corrected chi connectivity index (χ2v) is 6.51. The van der Waals surface area contributed by atoms with E-state index in [0.717, 1.165) is 43.5 Å². The highest BCUT2D eigenvalue weighted by Crippen LogP contribution is 2.10. The van der Waals surface area contributed by atoms with E-state index in [4.69, 9.17) is 0 Å². The molecular formula is C14H21FN2O3S. The van der Waals surface area contributed by atoms with Crippen LogP contribution in [0.2, 0.25) is 0 Å². The average Bonchev–Trinajstić information content (AvgIpc) is 2.43. The van der Waals surface area contributed by atoms with Crippen LogP contribution in [0.15, 0.2) is 29.2 Å². The Balaban J connectivity index is 2.58. The van der Waals surface area contributed by atoms with Crippen LogP contribution in [0.3, 0.4) is 0 Å². The highest BCUT2D eigenvalue weighted by molar-refractivity contribution is 7.89. The van der Waals surface area contributed by atoms with Gasteiger partial charge in [-0.3, -0.25) is 4.79 Å². The first-order valence-corrected chi connectivity index (χ1v) is 8.40. The fourth-order valence-electron chi connectivity index (χ4n) is 1.71. The number of carbonyl (C=O) groups is 1. The van der Waals surface area contributed by atoms with Gasteiger partial charge in [0.05, 0.1) is 10.9 Å². The minimum Gasteiger partial charge on any atom is -0.355 e. The monoisotopic (exact) mass is 316 g/mol. The number of hydrogen-bond acceptors (Lipinski definition) is 3. The molecule has 1 unspecified atom stereocenters. The SMILES string of the molecule is CCCCCNC(=O)C(C)NS(=O)(=O)c1ccc(F)cc1. The molecule has 1 aromatic rings. The summed E-state index contributed by atoms with van der Waals surface area (Å²) in [7, 11) is -3.83. The summed E-state index contributed by atoms with van der Waals surface area (Å²) in [6.07, 6.45) is 2.91. The quantitative estimate of drug-likeness (QED) is 0.718. The Hall–Kier alpha value is -1.47. The van der Waals surface area contributed by atoms with Crippen LogP contribution in [0.4, 0.5) is 4.39 Å². The van der Waals surface area contributed by atoms with Crippen molar-refractivity contribution in [2.75, 3.05) is 6.54 Å². The third-order valence-electron chi connectivity index (χ3n) is 2.93. The molecule has 21 heavy (non-hydrogen) atoms. The minimum atomic E-state index is -3.83. The van der Waals surface area contributed by atoms with Crippen molar-refractivity contribution in [2.24, 2.45) is 0 Å². The van der Waals surface area contributed by atoms with Crippen molar-refractivity contribution in [3.63, 3.8) is 0 Å². The normalized spacial score (nSPS) is 12.9. The first-order valence-electron chi connectivity index (χ1n) is 6.92. The van der Waals surface area contributed by atoms with Crippen LogP contribution in [0.5, 0.6) is 0 Å². The Bertz CT molecular complexity index is 558. The molecule has 118 valence electrons. The zero-order chi connectivity index (χ0) is 15.9. The van der Waals surface area contributed by atoms with Crippen LogP contribution >= 0.6 is 0 Å². The number of benzene rings is 1. The molecule has 2 N–H and O–H groups in total. The highest BCUT2D eigenvalue weighted by Gasteiger charge is 2.21. The van der Waals surface area contributed by atoms with Gasteiger partial charge < -0.3 is 5.32 Å². The summed E-state index contributed by atoms with van der Waals surface area (Å²) in [5.41, 5.74) is 0. The lowest BCUT2D eigenvalue weighted by molar-refractivity contribution is -0.122. The van der Waals surface area contributed by atoms with E-state index in [2.05, 4.69) is 17.0 Å². The lowest BCUT2D eigenvalue weighted by Crippen LogP contribution is -2.44. The maximum absolute atomic E-state index is 12.8. The highest BCUT2D eigenvalue weighted by atomic mass is 32.2. The molecular weight excluding hydrogens is 295 g/mol. The third-order valence-corrected chi connectivity index (χ3v) is 4.49. The van der Waals surface area contributed by atoms with E-state index >= 15 is 0 Å². The fourth-order valence-corrected chi connectivity index (χ4v) is 2.91. The van der Waals surface area contributed by atoms with Crippen LogP contribution in [0.1, 0.15) is 33.1 Å². The summed E-state index contributed by atoms with van der Waals surface area (Å²) in [6.45, 7) is 4.05. The number of sulfonamides is 1. The fraction of sp³-hybridized carbons (Fsp3) is 0.500. The molecule has 7 heteroatoms. The Morgan fingerprint density at radius 2 is 1.86 bits per heavy atom. The summed E-state index contributed by atoms with van der Waals surface area (Å²) in [5, 5.41) is 2.67. The molecule has 1 rings (SSSR count). The Morgan fingerprint density at radius 3 is 2.43 bits per heavy atom. The third kappa shape index (κ3) is 5.81. The number of halogens is 1. The van der Waals surface area contributed by atoms with Crippen molar-refractivity contribution in [1.82, 2.24) is 10.0 Å². The second-order valence-electron chi connectivity index (χ2n) is 4.80. The van der Waals surface area contributed by atoms with E-state index < -0.39 is 21.9 Å². The molecule has 0 spiro atoms. The topological polar surface area (TPSA) is 75.3 Å². The molecule has 0 fully saturated rings. The second kappa shape index (κ2) is 8.09. The summed E-state index contributed by atoms with van der Waals surface area (Å²) in [5.74, 6) is -0.896. The van der Waals surface area contributed by atoms with Gasteiger partial charge in [-0.15, -0.1) is 0 Å². The molecule has 0 aliphatic heterocycles. The molecule has 0 saturated heterocycles. The minimum absolute atomic E-state index is 0.0745. The molecule has 0 saturated carbocycles. The van der Waals surface area contributed by atoms with E-state index in [1.165, 1.54) is 6.92 Å². The van der Waals surface area contributed by atoms with E-state index in [1.807, 2.05) is 0 Å². The molecule has 1 amide bonds. The number of nitrogens with one attached hydrogen (secondary N) is 2. The predicted octanol–water partition coefficient (Wildman–Crippen LogP) is 1.80. The van der Waals surface area contributed by atoms with Crippen molar-refractivity contribution in [3.05, 3.63) is 30.1 Å². The van der Waals surface area contributed by atoms with Crippen LogP contribution < -0.4 is 10.0 Å². The van der Waals surface area contributed by atoms with Gasteiger partial charge in [0, 0.05) is 6.54 Å². The van der Waals surface area contributed by atoms with Crippen molar-refractivity contribution < 1.29 is 17.6 Å². The van der Waals surface area contributed by atoms with Crippen molar-refractivity contribution in [3.8, 4) is 0 Å². The Morgan fingerprint density at radius 1 is 1.24 bits per heavy atom. The largest absolute Gasteiger partial charge is 0.355 e. The molecule has 1 atom stereocenters. The molecule has 0 radical (unpaired) electrons. The first kappa shape index (κ1) is 17.6. The molecule has 5 nitrogen and oxygen atoms in total. The summed E-state index contributed by atoms with van der Waals surface area (Å²) in [4.78, 5) is 11.7. The number of unbranched alkanes of at least 4 members (excludes halogenated alkanes) is 2. The predicted molar refractivity (Wildman–Crippen MR) is 78.7 cm³/mol. The van der Waals surface area contributed by atoms with Gasteiger partial charge in [0.25, 0.3) is 0 Å². The maximum atomic E-state index is 12.8. The molecule has 0 heterocycles. The molecule has 0 bridgehead atoms. The van der Waals surface area contributed by atoms with E-state index in [-0.39, 0.29) is 10.8 Å². The van der Waals surface area contributed by atoms with Crippen molar-refractivity contribution in [1.29, 1.82) is 0 Å². The van der Waals surface area contributed by atoms with Gasteiger partial charge in [0.15, 0.2) is 0 Å². The van der Waals surface area contributed by atoms with E-state index in [0.29, 0.717) is 6.54 Å². The van der Waals surface area contributed by atoms with Gasteiger partial charge in [-0.1, -0.05) is 19.8 Å².